The fourth-order valence-corrected chi connectivity index (χ4v) is 3.49. The first kappa shape index (κ1) is 15.9. The maximum absolute atomic E-state index is 12.8. The highest BCUT2D eigenvalue weighted by atomic mass is 32.1. The molecule has 3 heterocycles. The van der Waals surface area contributed by atoms with Crippen molar-refractivity contribution < 1.29 is 9.18 Å². The summed E-state index contributed by atoms with van der Waals surface area (Å²) >= 11 is 1.76. The van der Waals surface area contributed by atoms with Gasteiger partial charge in [0.05, 0.1) is 11.9 Å². The van der Waals surface area contributed by atoms with Gasteiger partial charge in [0.15, 0.2) is 0 Å². The molecule has 1 aliphatic rings. The van der Waals surface area contributed by atoms with E-state index < -0.39 is 5.95 Å². The summed E-state index contributed by atoms with van der Waals surface area (Å²) in [5.41, 5.74) is 0.482. The Bertz CT molecular complexity index is 632. The molecule has 7 heteroatoms. The average molecular weight is 334 g/mol. The number of thiophene rings is 1. The van der Waals surface area contributed by atoms with E-state index in [0.29, 0.717) is 5.69 Å². The van der Waals surface area contributed by atoms with Gasteiger partial charge < -0.3 is 10.6 Å². The molecule has 0 aromatic carbocycles. The van der Waals surface area contributed by atoms with E-state index in [0.717, 1.165) is 32.5 Å². The minimum Gasteiger partial charge on any atom is -0.334 e. The number of hydrogen-bond acceptors (Lipinski definition) is 4. The van der Waals surface area contributed by atoms with Gasteiger partial charge >= 0.3 is 6.03 Å². The zero-order valence-corrected chi connectivity index (χ0v) is 13.5. The van der Waals surface area contributed by atoms with Gasteiger partial charge in [-0.15, -0.1) is 11.3 Å². The van der Waals surface area contributed by atoms with Crippen LogP contribution >= 0.6 is 11.3 Å². The van der Waals surface area contributed by atoms with Crippen molar-refractivity contribution in [1.82, 2.24) is 15.2 Å². The van der Waals surface area contributed by atoms with Crippen LogP contribution in [0.2, 0.25) is 0 Å². The predicted octanol–water partition coefficient (Wildman–Crippen LogP) is 3.07. The molecule has 1 fully saturated rings. The second-order valence-corrected chi connectivity index (χ2v) is 6.65. The predicted molar refractivity (Wildman–Crippen MR) is 89.0 cm³/mol. The number of aromatic nitrogens is 1. The average Bonchev–Trinajstić information content (AvgIpc) is 3.03. The van der Waals surface area contributed by atoms with Gasteiger partial charge in [-0.1, -0.05) is 6.07 Å². The number of piperidine rings is 1. The fraction of sp³-hybridized carbons (Fsp3) is 0.375. The van der Waals surface area contributed by atoms with Gasteiger partial charge in [-0.05, 0) is 43.0 Å². The Kier molecular flexibility index (Phi) is 5.19. The topological polar surface area (TPSA) is 57.3 Å². The number of carbonyl (C=O) groups excluding carboxylic acids is 1. The number of likely N-dealkylation sites (tertiary alicyclic amines) is 1. The molecule has 0 radical (unpaired) electrons. The lowest BCUT2D eigenvalue weighted by atomic mass is 10.1. The zero-order valence-electron chi connectivity index (χ0n) is 12.7. The first-order valence-corrected chi connectivity index (χ1v) is 8.51. The van der Waals surface area contributed by atoms with Gasteiger partial charge in [0.2, 0.25) is 5.95 Å². The summed E-state index contributed by atoms with van der Waals surface area (Å²) in [7, 11) is 0. The van der Waals surface area contributed by atoms with E-state index >= 15 is 0 Å². The molecule has 1 atom stereocenters. The van der Waals surface area contributed by atoms with Gasteiger partial charge in [-0.2, -0.15) is 4.39 Å². The Balaban J connectivity index is 1.48. The molecule has 5 nitrogen and oxygen atoms in total. The van der Waals surface area contributed by atoms with Crippen LogP contribution in [-0.4, -0.2) is 35.0 Å². The molecule has 23 heavy (non-hydrogen) atoms. The van der Waals surface area contributed by atoms with E-state index in [1.807, 2.05) is 0 Å². The van der Waals surface area contributed by atoms with Crippen LogP contribution in [-0.2, 0) is 6.54 Å². The highest BCUT2D eigenvalue weighted by Crippen LogP contribution is 2.17. The van der Waals surface area contributed by atoms with Crippen molar-refractivity contribution in [2.75, 3.05) is 18.4 Å². The van der Waals surface area contributed by atoms with Crippen molar-refractivity contribution in [1.29, 1.82) is 0 Å². The molecule has 2 aromatic rings. The maximum Gasteiger partial charge on any atom is 0.319 e. The van der Waals surface area contributed by atoms with E-state index in [1.165, 1.54) is 23.2 Å². The van der Waals surface area contributed by atoms with Crippen molar-refractivity contribution >= 4 is 23.1 Å². The highest BCUT2D eigenvalue weighted by Gasteiger charge is 2.21. The molecule has 0 saturated carbocycles. The van der Waals surface area contributed by atoms with Crippen LogP contribution in [0.1, 0.15) is 17.7 Å². The molecule has 0 spiro atoms. The van der Waals surface area contributed by atoms with Crippen molar-refractivity contribution in [3.8, 4) is 0 Å². The number of carbonyl (C=O) groups is 1. The van der Waals surface area contributed by atoms with Crippen LogP contribution in [0.25, 0.3) is 0 Å². The lowest BCUT2D eigenvalue weighted by Gasteiger charge is -2.32. The standard InChI is InChI=1S/C16H19FN4OS/c17-15-6-5-12(9-18-15)19-16(22)20-13-3-1-7-21(10-13)11-14-4-2-8-23-14/h2,4-6,8-9,13H,1,3,7,10-11H2,(H2,19,20,22)/t13-/m0/s1. The lowest BCUT2D eigenvalue weighted by Crippen LogP contribution is -2.48. The second kappa shape index (κ2) is 7.52. The van der Waals surface area contributed by atoms with E-state index in [-0.39, 0.29) is 12.1 Å². The molecule has 1 aliphatic heterocycles. The summed E-state index contributed by atoms with van der Waals surface area (Å²) in [6.07, 6.45) is 3.34. The smallest absolute Gasteiger partial charge is 0.319 e. The third-order valence-corrected chi connectivity index (χ3v) is 4.65. The van der Waals surface area contributed by atoms with E-state index in [9.17, 15) is 9.18 Å². The molecule has 122 valence electrons. The quantitative estimate of drug-likeness (QED) is 0.845. The molecular formula is C16H19FN4OS. The number of anilines is 1. The van der Waals surface area contributed by atoms with E-state index in [1.54, 1.807) is 11.3 Å². The van der Waals surface area contributed by atoms with Crippen molar-refractivity contribution in [3.63, 3.8) is 0 Å². The van der Waals surface area contributed by atoms with Crippen LogP contribution in [0.5, 0.6) is 0 Å². The molecule has 2 N–H and O–H groups in total. The van der Waals surface area contributed by atoms with Gasteiger partial charge in [0.25, 0.3) is 0 Å². The third kappa shape index (κ3) is 4.74. The van der Waals surface area contributed by atoms with Crippen molar-refractivity contribution in [2.45, 2.75) is 25.4 Å². The van der Waals surface area contributed by atoms with Crippen LogP contribution in [0, 0.1) is 5.95 Å². The van der Waals surface area contributed by atoms with Crippen molar-refractivity contribution in [2.24, 2.45) is 0 Å². The number of pyridine rings is 1. The molecule has 0 aliphatic carbocycles. The monoisotopic (exact) mass is 334 g/mol. The van der Waals surface area contributed by atoms with Crippen molar-refractivity contribution in [3.05, 3.63) is 46.7 Å². The number of nitrogens with one attached hydrogen (secondary N) is 2. The SMILES string of the molecule is O=C(Nc1ccc(F)nc1)N[C@H]1CCCN(Cc2cccs2)C1. The first-order valence-electron chi connectivity index (χ1n) is 7.63. The molecule has 0 unspecified atom stereocenters. The van der Waals surface area contributed by atoms with Gasteiger partial charge in [-0.25, -0.2) is 9.78 Å². The summed E-state index contributed by atoms with van der Waals surface area (Å²) in [4.78, 5) is 19.2. The van der Waals surface area contributed by atoms with E-state index in [2.05, 4.69) is 38.0 Å². The largest absolute Gasteiger partial charge is 0.334 e. The van der Waals surface area contributed by atoms with Crippen LogP contribution < -0.4 is 10.6 Å². The molecule has 1 saturated heterocycles. The maximum atomic E-state index is 12.8. The number of hydrogen-bond donors (Lipinski definition) is 2. The minimum atomic E-state index is -0.563. The summed E-state index contributed by atoms with van der Waals surface area (Å²) in [5, 5.41) is 7.75. The Morgan fingerprint density at radius 3 is 3.09 bits per heavy atom. The Labute approximate surface area is 138 Å². The first-order chi connectivity index (χ1) is 11.2. The Morgan fingerprint density at radius 1 is 1.43 bits per heavy atom. The third-order valence-electron chi connectivity index (χ3n) is 3.79. The number of rotatable bonds is 4. The normalized spacial score (nSPS) is 18.6. The number of urea groups is 1. The van der Waals surface area contributed by atoms with Gasteiger partial charge in [0.1, 0.15) is 0 Å². The summed E-state index contributed by atoms with van der Waals surface area (Å²) in [6, 6.07) is 6.75. The molecule has 0 bridgehead atoms. The van der Waals surface area contributed by atoms with Crippen LogP contribution in [0.15, 0.2) is 35.8 Å². The zero-order chi connectivity index (χ0) is 16.1. The summed E-state index contributed by atoms with van der Waals surface area (Å²) in [5.74, 6) is -0.563. The van der Waals surface area contributed by atoms with E-state index in [4.69, 9.17) is 0 Å². The highest BCUT2D eigenvalue weighted by molar-refractivity contribution is 7.09. The summed E-state index contributed by atoms with van der Waals surface area (Å²) in [6.45, 7) is 2.83. The fourth-order valence-electron chi connectivity index (χ4n) is 2.74. The molecular weight excluding hydrogens is 315 g/mol. The molecule has 2 aromatic heterocycles. The minimum absolute atomic E-state index is 0.122. The number of amides is 2. The lowest BCUT2D eigenvalue weighted by molar-refractivity contribution is 0.184. The number of nitrogens with zero attached hydrogens (tertiary/aromatic N) is 2. The van der Waals surface area contributed by atoms with Crippen LogP contribution in [0.3, 0.4) is 0 Å². The van der Waals surface area contributed by atoms with Gasteiger partial charge in [0, 0.05) is 24.0 Å². The molecule has 2 amide bonds. The second-order valence-electron chi connectivity index (χ2n) is 5.62. The van der Waals surface area contributed by atoms with Gasteiger partial charge in [-0.3, -0.25) is 4.90 Å². The number of halogens is 1. The van der Waals surface area contributed by atoms with Crippen LogP contribution in [0.4, 0.5) is 14.9 Å². The Hall–Kier alpha value is -1.99. The summed E-state index contributed by atoms with van der Waals surface area (Å²) < 4.78 is 12.8. The Morgan fingerprint density at radius 2 is 2.35 bits per heavy atom. The molecule has 3 rings (SSSR count).